The number of anilines is 2. The van der Waals surface area contributed by atoms with Gasteiger partial charge in [-0.2, -0.15) is 0 Å². The Morgan fingerprint density at radius 2 is 1.74 bits per heavy atom. The molecule has 1 spiro atoms. The molecule has 2 bridgehead atoms. The lowest BCUT2D eigenvalue weighted by Gasteiger charge is -2.38. The summed E-state index contributed by atoms with van der Waals surface area (Å²) in [7, 11) is 1.69. The van der Waals surface area contributed by atoms with Gasteiger partial charge in [-0.25, -0.2) is 0 Å². The summed E-state index contributed by atoms with van der Waals surface area (Å²) in [6.45, 7) is 15.5. The molecular weight excluding hydrogens is 496 g/mol. The zero-order valence-corrected chi connectivity index (χ0v) is 23.6. The topological polar surface area (TPSA) is 93.6 Å². The van der Waals surface area contributed by atoms with Gasteiger partial charge in [0.15, 0.2) is 0 Å². The summed E-state index contributed by atoms with van der Waals surface area (Å²) in [6, 6.07) is 6.21. The Morgan fingerprint density at radius 3 is 2.31 bits per heavy atom. The van der Waals surface area contributed by atoms with E-state index in [1.54, 1.807) is 35.9 Å². The van der Waals surface area contributed by atoms with E-state index in [-0.39, 0.29) is 30.9 Å². The molecule has 0 radical (unpaired) electrons. The van der Waals surface area contributed by atoms with Gasteiger partial charge in [0.25, 0.3) is 5.91 Å². The highest BCUT2D eigenvalue weighted by molar-refractivity contribution is 6.05. The van der Waals surface area contributed by atoms with Crippen molar-refractivity contribution in [3.05, 3.63) is 49.6 Å². The van der Waals surface area contributed by atoms with Crippen LogP contribution in [0, 0.1) is 11.8 Å². The number of likely N-dealkylation sites (tertiary alicyclic amines) is 1. The van der Waals surface area contributed by atoms with Crippen molar-refractivity contribution < 1.29 is 24.2 Å². The largest absolute Gasteiger partial charge is 0.394 e. The fraction of sp³-hybridized carbons (Fsp3) is 0.567. The van der Waals surface area contributed by atoms with Crippen LogP contribution in [0.3, 0.4) is 0 Å². The average Bonchev–Trinajstić information content (AvgIpc) is 3.59. The maximum Gasteiger partial charge on any atom is 0.253 e. The van der Waals surface area contributed by atoms with Crippen molar-refractivity contribution in [2.45, 2.75) is 57.4 Å². The quantitative estimate of drug-likeness (QED) is 0.411. The minimum absolute atomic E-state index is 0.181. The number of ether oxygens (including phenoxy) is 1. The molecule has 3 aliphatic heterocycles. The number of nitrogens with zero attached hydrogens (tertiary/aromatic N) is 4. The van der Waals surface area contributed by atoms with Gasteiger partial charge in [0.1, 0.15) is 11.6 Å². The minimum atomic E-state index is -1.13. The first-order valence-electron chi connectivity index (χ1n) is 13.9. The fourth-order valence-corrected chi connectivity index (χ4v) is 6.78. The molecule has 1 N–H and O–H groups in total. The number of hydrogen-bond donors (Lipinski definition) is 1. The Balaban J connectivity index is 1.74. The predicted molar refractivity (Wildman–Crippen MR) is 151 cm³/mol. The van der Waals surface area contributed by atoms with Crippen LogP contribution in [0.2, 0.25) is 0 Å². The zero-order valence-electron chi connectivity index (χ0n) is 23.6. The third kappa shape index (κ3) is 4.65. The maximum absolute atomic E-state index is 14.5. The number of carbonyl (C=O) groups excluding carboxylic acids is 3. The number of amides is 3. The molecule has 4 rings (SSSR count). The predicted octanol–water partition coefficient (Wildman–Crippen LogP) is 2.45. The van der Waals surface area contributed by atoms with E-state index in [1.807, 2.05) is 24.3 Å². The van der Waals surface area contributed by atoms with Crippen LogP contribution in [0.1, 0.15) is 33.6 Å². The van der Waals surface area contributed by atoms with Crippen LogP contribution < -0.4 is 9.80 Å². The Kier molecular flexibility index (Phi) is 8.51. The zero-order chi connectivity index (χ0) is 28.5. The smallest absolute Gasteiger partial charge is 0.253 e. The van der Waals surface area contributed by atoms with Crippen LogP contribution in [0.25, 0.3) is 0 Å². The number of carbonyl (C=O) groups is 3. The van der Waals surface area contributed by atoms with Crippen LogP contribution in [-0.2, 0) is 19.1 Å². The van der Waals surface area contributed by atoms with Crippen LogP contribution in [-0.4, -0.2) is 96.3 Å². The van der Waals surface area contributed by atoms with E-state index in [0.29, 0.717) is 25.1 Å². The molecule has 212 valence electrons. The van der Waals surface area contributed by atoms with Gasteiger partial charge in [-0.1, -0.05) is 12.2 Å². The molecule has 0 aliphatic carbocycles. The number of likely N-dealkylation sites (N-methyl/N-ethyl adjacent to an activating group) is 1. The normalized spacial score (nSPS) is 27.7. The summed E-state index contributed by atoms with van der Waals surface area (Å²) in [6.07, 6.45) is 3.96. The first kappa shape index (κ1) is 28.8. The number of aliphatic hydroxyl groups is 1. The Bertz CT molecular complexity index is 1100. The average molecular weight is 539 g/mol. The van der Waals surface area contributed by atoms with Crippen molar-refractivity contribution in [2.75, 3.05) is 49.6 Å². The van der Waals surface area contributed by atoms with Gasteiger partial charge in [0.2, 0.25) is 11.8 Å². The lowest BCUT2D eigenvalue weighted by molar-refractivity contribution is -0.146. The van der Waals surface area contributed by atoms with E-state index in [2.05, 4.69) is 31.9 Å². The van der Waals surface area contributed by atoms with E-state index in [0.717, 1.165) is 18.8 Å². The highest BCUT2D eigenvalue weighted by Gasteiger charge is 2.75. The Hall–Kier alpha value is -3.17. The molecule has 2 unspecified atom stereocenters. The number of benzene rings is 1. The van der Waals surface area contributed by atoms with E-state index in [4.69, 9.17) is 4.74 Å². The SMILES string of the molecule is C=CCN(C)C(=O)[C@@H]1[C@@H]2CCC3(O2)C(C(=O)N(CC=C)c2ccc(N(CC)CC)cc2)N([C@H](C)CO)C(=O)[C@H]13. The van der Waals surface area contributed by atoms with Crippen LogP contribution in [0.4, 0.5) is 11.4 Å². The lowest BCUT2D eigenvalue weighted by Crippen LogP contribution is -2.58. The molecule has 3 fully saturated rings. The number of rotatable bonds is 12. The molecule has 9 nitrogen and oxygen atoms in total. The van der Waals surface area contributed by atoms with E-state index in [9.17, 15) is 19.5 Å². The molecule has 6 atom stereocenters. The summed E-state index contributed by atoms with van der Waals surface area (Å²) in [5.41, 5.74) is 0.617. The van der Waals surface area contributed by atoms with Gasteiger partial charge in [-0.3, -0.25) is 14.4 Å². The third-order valence-electron chi connectivity index (χ3n) is 8.64. The molecule has 0 aromatic heterocycles. The van der Waals surface area contributed by atoms with Gasteiger partial charge >= 0.3 is 0 Å². The van der Waals surface area contributed by atoms with Gasteiger partial charge in [-0.15, -0.1) is 13.2 Å². The molecule has 1 aromatic carbocycles. The highest BCUT2D eigenvalue weighted by Crippen LogP contribution is 2.59. The Labute approximate surface area is 231 Å². The summed E-state index contributed by atoms with van der Waals surface area (Å²) >= 11 is 0. The fourth-order valence-electron chi connectivity index (χ4n) is 6.78. The second-order valence-electron chi connectivity index (χ2n) is 10.8. The molecule has 39 heavy (non-hydrogen) atoms. The van der Waals surface area contributed by atoms with Crippen LogP contribution >= 0.6 is 0 Å². The standard InChI is InChI=1S/C30H42N4O5/c1-7-17-31(6)27(36)24-23-15-16-30(39-23)25(24)28(37)34(20(5)19-35)26(30)29(38)33(18-8-2)22-13-11-21(12-14-22)32(9-3)10-4/h7-8,11-14,20,23-26,35H,1-2,9-10,15-19H2,3-6H3/t20-,23+,24-,25+,26?,30?/m1/s1. The molecule has 3 saturated heterocycles. The maximum atomic E-state index is 14.5. The molecular formula is C30H42N4O5. The monoisotopic (exact) mass is 538 g/mol. The van der Waals surface area contributed by atoms with Gasteiger partial charge in [0.05, 0.1) is 30.6 Å². The van der Waals surface area contributed by atoms with E-state index < -0.39 is 35.6 Å². The summed E-state index contributed by atoms with van der Waals surface area (Å²) in [5, 5.41) is 10.1. The molecule has 1 aromatic rings. The molecule has 3 aliphatic rings. The highest BCUT2D eigenvalue weighted by atomic mass is 16.5. The van der Waals surface area contributed by atoms with Crippen LogP contribution in [0.5, 0.6) is 0 Å². The second kappa shape index (κ2) is 11.5. The first-order valence-corrected chi connectivity index (χ1v) is 13.9. The van der Waals surface area contributed by atoms with Crippen molar-refractivity contribution in [1.29, 1.82) is 0 Å². The van der Waals surface area contributed by atoms with E-state index >= 15 is 0 Å². The minimum Gasteiger partial charge on any atom is -0.394 e. The van der Waals surface area contributed by atoms with Crippen molar-refractivity contribution in [2.24, 2.45) is 11.8 Å². The van der Waals surface area contributed by atoms with Crippen molar-refractivity contribution >= 4 is 29.1 Å². The Morgan fingerprint density at radius 1 is 1.13 bits per heavy atom. The van der Waals surface area contributed by atoms with Crippen molar-refractivity contribution in [1.82, 2.24) is 9.80 Å². The van der Waals surface area contributed by atoms with E-state index in [1.165, 1.54) is 4.90 Å². The van der Waals surface area contributed by atoms with Gasteiger partial charge in [-0.05, 0) is 57.9 Å². The first-order chi connectivity index (χ1) is 18.7. The van der Waals surface area contributed by atoms with Crippen LogP contribution in [0.15, 0.2) is 49.6 Å². The lowest BCUT2D eigenvalue weighted by atomic mass is 9.70. The number of aliphatic hydroxyl groups excluding tert-OH is 1. The summed E-state index contributed by atoms with van der Waals surface area (Å²) < 4.78 is 6.52. The molecule has 0 saturated carbocycles. The van der Waals surface area contributed by atoms with Crippen molar-refractivity contribution in [3.8, 4) is 0 Å². The van der Waals surface area contributed by atoms with Gasteiger partial charge in [0, 0.05) is 44.6 Å². The molecule has 3 heterocycles. The molecule has 3 amide bonds. The van der Waals surface area contributed by atoms with Crippen molar-refractivity contribution in [3.63, 3.8) is 0 Å². The number of fused-ring (bicyclic) bond motifs is 1. The molecule has 9 heteroatoms. The second-order valence-corrected chi connectivity index (χ2v) is 10.8. The van der Waals surface area contributed by atoms with Gasteiger partial charge < -0.3 is 29.4 Å². The third-order valence-corrected chi connectivity index (χ3v) is 8.64. The summed E-state index contributed by atoms with van der Waals surface area (Å²) in [5.74, 6) is -2.25. The number of hydrogen-bond acceptors (Lipinski definition) is 6. The summed E-state index contributed by atoms with van der Waals surface area (Å²) in [4.78, 5) is 48.9.